The maximum Gasteiger partial charge on any atom is 3.00 e. The molecule has 0 N–H and O–H groups in total. The molecule has 0 aliphatic rings. The first-order chi connectivity index (χ1) is 8.89. The smallest absolute Gasteiger partial charge is 0.344 e. The van der Waals surface area contributed by atoms with E-state index in [-0.39, 0.29) is 32.2 Å². The van der Waals surface area contributed by atoms with Crippen LogP contribution in [0, 0.1) is 36.4 Å². The van der Waals surface area contributed by atoms with Gasteiger partial charge in [-0.05, 0) is 15.9 Å². The molecule has 0 spiro atoms. The zero-order chi connectivity index (χ0) is 15.4. The summed E-state index contributed by atoms with van der Waals surface area (Å²) in [6.45, 7) is 16.1. The van der Waals surface area contributed by atoms with Crippen molar-refractivity contribution in [3.8, 4) is 0 Å². The topological polar surface area (TPSA) is 43.1 Å². The van der Waals surface area contributed by atoms with E-state index in [1.54, 1.807) is 0 Å². The minimum absolute atomic E-state index is 0. The average Bonchev–Trinajstić information content (AvgIpc) is 2.33. The third-order valence-electron chi connectivity index (χ3n) is 1.45. The fourth-order valence-electron chi connectivity index (χ4n) is 0.843. The predicted molar refractivity (Wildman–Crippen MR) is 80.8 cm³/mol. The van der Waals surface area contributed by atoms with Crippen LogP contribution in [0.5, 0.6) is 0 Å². The number of hydrogen-bond donors (Lipinski definition) is 0. The van der Waals surface area contributed by atoms with Gasteiger partial charge >= 0.3 is 16.5 Å². The third kappa shape index (κ3) is 10.1. The Morgan fingerprint density at radius 3 is 2.10 bits per heavy atom. The van der Waals surface area contributed by atoms with Gasteiger partial charge in [0.05, 0.1) is 4.47 Å². The van der Waals surface area contributed by atoms with Crippen molar-refractivity contribution in [3.05, 3.63) is 58.5 Å². The number of nitrogens with zero attached hydrogens (tertiary/aromatic N) is 1. The molecule has 0 atom stereocenters. The summed E-state index contributed by atoms with van der Waals surface area (Å²) < 4.78 is 12.9. The Kier molecular flexibility index (Phi) is 17.8. The van der Waals surface area contributed by atoms with Crippen LogP contribution in [0.1, 0.15) is 32.3 Å². The van der Waals surface area contributed by atoms with Crippen molar-refractivity contribution in [1.29, 1.82) is 0 Å². The van der Waals surface area contributed by atoms with E-state index in [0.29, 0.717) is 0 Å². The summed E-state index contributed by atoms with van der Waals surface area (Å²) in [7, 11) is 0. The van der Waals surface area contributed by atoms with Crippen LogP contribution in [-0.2, 0) is 16.5 Å². The van der Waals surface area contributed by atoms with Crippen molar-refractivity contribution in [2.45, 2.75) is 26.7 Å². The van der Waals surface area contributed by atoms with E-state index in [2.05, 4.69) is 29.8 Å². The summed E-state index contributed by atoms with van der Waals surface area (Å²) in [5.41, 5.74) is -0.165. The zero-order valence-corrected chi connectivity index (χ0v) is 14.0. The summed E-state index contributed by atoms with van der Waals surface area (Å²) in [5.74, 6) is -0.581. The Balaban J connectivity index is -0.000000356. The van der Waals surface area contributed by atoms with E-state index in [0.717, 1.165) is 31.1 Å². The third-order valence-corrected chi connectivity index (χ3v) is 2.05. The monoisotopic (exact) mass is 388 g/mol. The van der Waals surface area contributed by atoms with Gasteiger partial charge in [-0.25, -0.2) is 10.5 Å². The Bertz CT molecular complexity index is 412. The Morgan fingerprint density at radius 2 is 1.80 bits per heavy atom. The van der Waals surface area contributed by atoms with Crippen LogP contribution >= 0.6 is 15.9 Å². The van der Waals surface area contributed by atoms with Gasteiger partial charge in [-0.2, -0.15) is 12.8 Å². The Labute approximate surface area is 138 Å². The van der Waals surface area contributed by atoms with Crippen molar-refractivity contribution in [2.24, 2.45) is 0 Å². The molecule has 0 saturated heterocycles. The molecular weight excluding hydrogens is 372 g/mol. The maximum absolute atomic E-state index is 12.9. The van der Waals surface area contributed by atoms with Crippen LogP contribution in [-0.4, -0.2) is 4.92 Å². The molecule has 1 aromatic rings. The summed E-state index contributed by atoms with van der Waals surface area (Å²) in [6.07, 6.45) is 2.99. The fourth-order valence-corrected chi connectivity index (χ4v) is 1.17. The number of hydrogen-bond acceptors (Lipinski definition) is 2. The molecule has 1 rings (SSSR count). The molecule has 0 fully saturated rings. The van der Waals surface area contributed by atoms with Crippen LogP contribution < -0.4 is 0 Å². The van der Waals surface area contributed by atoms with Crippen LogP contribution in [0.25, 0.3) is 6.08 Å². The Hall–Kier alpha value is -0.736. The molecule has 1 radical (unpaired) electrons. The molecule has 0 amide bonds. The number of halogens is 2. The van der Waals surface area contributed by atoms with Gasteiger partial charge in [0.25, 0.3) is 0 Å². The van der Waals surface area contributed by atoms with Crippen molar-refractivity contribution in [2.75, 3.05) is 0 Å². The van der Waals surface area contributed by atoms with Gasteiger partial charge in [0.15, 0.2) is 0 Å². The van der Waals surface area contributed by atoms with E-state index >= 15 is 0 Å². The van der Waals surface area contributed by atoms with Crippen molar-refractivity contribution >= 4 is 27.7 Å². The molecule has 0 heterocycles. The van der Waals surface area contributed by atoms with Crippen LogP contribution in [0.4, 0.5) is 10.1 Å². The number of nitro groups is 1. The fraction of sp³-hybridized carbons (Fsp3) is 0.286. The van der Waals surface area contributed by atoms with Gasteiger partial charge in [-0.1, -0.05) is 25.5 Å². The normalized spacial score (nSPS) is 8.10. The molecule has 0 unspecified atom stereocenters. The molecule has 0 saturated carbocycles. The molecular formula is C14H18BrFNNiO2. The van der Waals surface area contributed by atoms with Crippen LogP contribution in [0.15, 0.2) is 16.6 Å². The molecule has 1 aromatic carbocycles. The number of rotatable bonds is 2. The second-order valence-corrected chi connectivity index (χ2v) is 4.10. The van der Waals surface area contributed by atoms with Gasteiger partial charge in [-0.3, -0.25) is 16.7 Å². The van der Waals surface area contributed by atoms with Gasteiger partial charge in [0.1, 0.15) is 5.82 Å². The van der Waals surface area contributed by atoms with Crippen molar-refractivity contribution in [1.82, 2.24) is 0 Å². The predicted octanol–water partition coefficient (Wildman–Crippen LogP) is 5.40. The minimum atomic E-state index is -0.622. The van der Waals surface area contributed by atoms with Crippen molar-refractivity contribution < 1.29 is 25.8 Å². The van der Waals surface area contributed by atoms with Gasteiger partial charge < -0.3 is 13.8 Å². The number of nitro benzene ring substituents is 1. The molecule has 0 bridgehead atoms. The van der Waals surface area contributed by atoms with Crippen molar-refractivity contribution in [3.63, 3.8) is 0 Å². The van der Waals surface area contributed by atoms with E-state index < -0.39 is 10.7 Å². The Morgan fingerprint density at radius 1 is 1.40 bits per heavy atom. The summed E-state index contributed by atoms with van der Waals surface area (Å²) in [4.78, 5) is 9.81. The second-order valence-electron chi connectivity index (χ2n) is 3.25. The molecule has 3 nitrogen and oxygen atoms in total. The summed E-state index contributed by atoms with van der Waals surface area (Å²) >= 11 is 2.84. The van der Waals surface area contributed by atoms with Gasteiger partial charge in [0, 0.05) is 11.0 Å². The summed E-state index contributed by atoms with van der Waals surface area (Å²) in [6, 6.07) is 2.08. The number of benzene rings is 1. The second kappa shape index (κ2) is 14.7. The van der Waals surface area contributed by atoms with E-state index in [1.807, 2.05) is 13.8 Å². The SMILES string of the molecule is [CH-]=Cc1cc(F)c(Br)cc1[N+](=O)[O-].[CH2-]CC.[CH2-]CC.[Ni+3]. The zero-order valence-electron chi connectivity index (χ0n) is 11.5. The standard InChI is InChI=1S/C8H4BrFNO2.2C3H7.Ni/c1-2-5-3-7(10)6(9)4-8(5)11(12)13;2*1-3-2;/h1-4H;2*1,3H2,2H3;/q3*-1;+3. The van der Waals surface area contributed by atoms with Gasteiger partial charge in [0.2, 0.25) is 5.69 Å². The van der Waals surface area contributed by atoms with Crippen LogP contribution in [0.2, 0.25) is 0 Å². The minimum Gasteiger partial charge on any atom is -0.344 e. The molecule has 0 aromatic heterocycles. The maximum atomic E-state index is 12.9. The van der Waals surface area contributed by atoms with E-state index in [1.165, 1.54) is 0 Å². The van der Waals surface area contributed by atoms with E-state index in [4.69, 9.17) is 6.58 Å². The first-order valence-electron chi connectivity index (χ1n) is 5.66. The largest absolute Gasteiger partial charge is 3.00 e. The quantitative estimate of drug-likeness (QED) is 0.294. The summed E-state index contributed by atoms with van der Waals surface area (Å²) in [5, 5.41) is 10.4. The molecule has 0 aliphatic carbocycles. The average molecular weight is 390 g/mol. The van der Waals surface area contributed by atoms with Crippen LogP contribution in [0.3, 0.4) is 0 Å². The van der Waals surface area contributed by atoms with E-state index in [9.17, 15) is 14.5 Å². The molecule has 6 heteroatoms. The first-order valence-corrected chi connectivity index (χ1v) is 6.45. The first kappa shape index (κ1) is 24.3. The molecule has 115 valence electrons. The molecule has 20 heavy (non-hydrogen) atoms. The van der Waals surface area contributed by atoms with Gasteiger partial charge in [-0.15, -0.1) is 0 Å². The molecule has 0 aliphatic heterocycles.